The van der Waals surface area contributed by atoms with Gasteiger partial charge in [-0.1, -0.05) is 23.4 Å². The van der Waals surface area contributed by atoms with Crippen LogP contribution in [0.15, 0.2) is 34.3 Å². The topological polar surface area (TPSA) is 102 Å². The van der Waals surface area contributed by atoms with Crippen LogP contribution in [0.3, 0.4) is 0 Å². The Morgan fingerprint density at radius 1 is 1.39 bits per heavy atom. The Hall–Kier alpha value is -2.52. The summed E-state index contributed by atoms with van der Waals surface area (Å²) in [6, 6.07) is 5.00. The van der Waals surface area contributed by atoms with Crippen molar-refractivity contribution in [1.29, 1.82) is 0 Å². The fourth-order valence-corrected chi connectivity index (χ4v) is 3.63. The SMILES string of the molecule is COc1ccc(-n2c(SCC(=O)NC(C)(C)C)nc3[nH]ncc3c2=O)cc1Cl. The van der Waals surface area contributed by atoms with E-state index in [4.69, 9.17) is 16.3 Å². The Labute approximate surface area is 170 Å². The van der Waals surface area contributed by atoms with Gasteiger partial charge in [-0.05, 0) is 39.0 Å². The number of hydrogen-bond donors (Lipinski definition) is 2. The van der Waals surface area contributed by atoms with Gasteiger partial charge in [0.1, 0.15) is 11.1 Å². The van der Waals surface area contributed by atoms with Gasteiger partial charge in [0.15, 0.2) is 10.8 Å². The zero-order valence-electron chi connectivity index (χ0n) is 15.9. The summed E-state index contributed by atoms with van der Waals surface area (Å²) in [6.07, 6.45) is 1.42. The molecule has 2 aromatic heterocycles. The summed E-state index contributed by atoms with van der Waals surface area (Å²) in [7, 11) is 1.52. The van der Waals surface area contributed by atoms with Gasteiger partial charge in [0.05, 0.1) is 29.8 Å². The lowest BCUT2D eigenvalue weighted by Crippen LogP contribution is -2.41. The number of nitrogens with one attached hydrogen (secondary N) is 2. The van der Waals surface area contributed by atoms with Crippen molar-refractivity contribution in [3.05, 3.63) is 39.8 Å². The standard InChI is InChI=1S/C18H20ClN5O3S/c1-18(2,3)22-14(25)9-28-17-21-15-11(8-20-23-15)16(26)24(17)10-5-6-13(27-4)12(19)7-10/h5-8H,9H2,1-4H3,(H,20,23)(H,22,25). The summed E-state index contributed by atoms with van der Waals surface area (Å²) in [5, 5.41) is 10.5. The molecular formula is C18H20ClN5O3S. The number of carbonyl (C=O) groups is 1. The van der Waals surface area contributed by atoms with E-state index >= 15 is 0 Å². The zero-order valence-corrected chi connectivity index (χ0v) is 17.4. The van der Waals surface area contributed by atoms with Gasteiger partial charge in [0, 0.05) is 5.54 Å². The molecule has 0 atom stereocenters. The molecule has 2 N–H and O–H groups in total. The fourth-order valence-electron chi connectivity index (χ4n) is 2.58. The molecule has 3 rings (SSSR count). The molecule has 0 bridgehead atoms. The van der Waals surface area contributed by atoms with Crippen molar-refractivity contribution in [2.45, 2.75) is 31.5 Å². The number of nitrogens with zero attached hydrogens (tertiary/aromatic N) is 3. The van der Waals surface area contributed by atoms with Gasteiger partial charge in [-0.3, -0.25) is 19.3 Å². The number of carbonyl (C=O) groups excluding carboxylic acids is 1. The van der Waals surface area contributed by atoms with Crippen LogP contribution >= 0.6 is 23.4 Å². The maximum atomic E-state index is 13.0. The van der Waals surface area contributed by atoms with Crippen molar-refractivity contribution in [2.24, 2.45) is 0 Å². The number of benzene rings is 1. The highest BCUT2D eigenvalue weighted by Crippen LogP contribution is 2.28. The minimum absolute atomic E-state index is 0.104. The number of methoxy groups -OCH3 is 1. The highest BCUT2D eigenvalue weighted by Gasteiger charge is 2.19. The molecule has 28 heavy (non-hydrogen) atoms. The van der Waals surface area contributed by atoms with Crippen LogP contribution < -0.4 is 15.6 Å². The van der Waals surface area contributed by atoms with E-state index in [0.29, 0.717) is 32.6 Å². The van der Waals surface area contributed by atoms with Crippen LogP contribution in [0.2, 0.25) is 5.02 Å². The number of rotatable bonds is 5. The third-order valence-corrected chi connectivity index (χ3v) is 4.93. The summed E-state index contributed by atoms with van der Waals surface area (Å²) in [5.41, 5.74) is 0.227. The van der Waals surface area contributed by atoms with Crippen LogP contribution in [0.5, 0.6) is 5.75 Å². The fraction of sp³-hybridized carbons (Fsp3) is 0.333. The summed E-state index contributed by atoms with van der Waals surface area (Å²) in [6.45, 7) is 5.71. The molecule has 0 spiro atoms. The van der Waals surface area contributed by atoms with E-state index < -0.39 is 0 Å². The number of H-pyrrole nitrogens is 1. The quantitative estimate of drug-likeness (QED) is 0.485. The second-order valence-corrected chi connectivity index (χ2v) is 8.42. The van der Waals surface area contributed by atoms with Gasteiger partial charge < -0.3 is 10.1 Å². The lowest BCUT2D eigenvalue weighted by atomic mass is 10.1. The molecule has 0 aliphatic rings. The van der Waals surface area contributed by atoms with Gasteiger partial charge in [-0.25, -0.2) is 4.98 Å². The van der Waals surface area contributed by atoms with E-state index in [9.17, 15) is 9.59 Å². The van der Waals surface area contributed by atoms with E-state index in [-0.39, 0.29) is 22.8 Å². The summed E-state index contributed by atoms with van der Waals surface area (Å²) < 4.78 is 6.59. The smallest absolute Gasteiger partial charge is 0.269 e. The van der Waals surface area contributed by atoms with Crippen molar-refractivity contribution in [3.63, 3.8) is 0 Å². The van der Waals surface area contributed by atoms with E-state index in [1.165, 1.54) is 17.9 Å². The van der Waals surface area contributed by atoms with Crippen LogP contribution in [0.4, 0.5) is 0 Å². The third kappa shape index (κ3) is 4.31. The minimum atomic E-state index is -0.346. The Kier molecular flexibility index (Phi) is 5.66. The van der Waals surface area contributed by atoms with Crippen molar-refractivity contribution < 1.29 is 9.53 Å². The van der Waals surface area contributed by atoms with Crippen molar-refractivity contribution in [2.75, 3.05) is 12.9 Å². The second kappa shape index (κ2) is 7.84. The molecule has 0 fully saturated rings. The van der Waals surface area contributed by atoms with Crippen LogP contribution in [-0.2, 0) is 4.79 Å². The molecule has 1 amide bonds. The molecule has 1 aromatic carbocycles. The monoisotopic (exact) mass is 421 g/mol. The first-order chi connectivity index (χ1) is 13.2. The second-order valence-electron chi connectivity index (χ2n) is 7.07. The maximum absolute atomic E-state index is 13.0. The van der Waals surface area contributed by atoms with Crippen molar-refractivity contribution in [1.82, 2.24) is 25.1 Å². The van der Waals surface area contributed by atoms with Gasteiger partial charge in [-0.2, -0.15) is 5.10 Å². The number of aromatic nitrogens is 4. The van der Waals surface area contributed by atoms with E-state index in [0.717, 1.165) is 11.8 Å². The molecular weight excluding hydrogens is 402 g/mol. The Bertz CT molecular complexity index is 1090. The third-order valence-electron chi connectivity index (χ3n) is 3.69. The number of hydrogen-bond acceptors (Lipinski definition) is 6. The van der Waals surface area contributed by atoms with Crippen LogP contribution in [0, 0.1) is 0 Å². The molecule has 0 aliphatic carbocycles. The number of amides is 1. The summed E-state index contributed by atoms with van der Waals surface area (Å²) >= 11 is 7.39. The zero-order chi connectivity index (χ0) is 20.5. The van der Waals surface area contributed by atoms with E-state index in [2.05, 4.69) is 20.5 Å². The molecule has 0 unspecified atom stereocenters. The first-order valence-corrected chi connectivity index (χ1v) is 9.80. The molecule has 0 radical (unpaired) electrons. The number of ether oxygens (including phenoxy) is 1. The highest BCUT2D eigenvalue weighted by atomic mass is 35.5. The van der Waals surface area contributed by atoms with Gasteiger partial charge in [0.25, 0.3) is 5.56 Å². The lowest BCUT2D eigenvalue weighted by molar-refractivity contribution is -0.119. The predicted molar refractivity (Wildman–Crippen MR) is 110 cm³/mol. The first-order valence-electron chi connectivity index (χ1n) is 8.43. The maximum Gasteiger partial charge on any atom is 0.269 e. The normalized spacial score (nSPS) is 11.6. The molecule has 8 nitrogen and oxygen atoms in total. The number of thioether (sulfide) groups is 1. The number of aromatic amines is 1. The summed E-state index contributed by atoms with van der Waals surface area (Å²) in [5.74, 6) is 0.443. The van der Waals surface area contributed by atoms with E-state index in [1.54, 1.807) is 18.2 Å². The van der Waals surface area contributed by atoms with Crippen LogP contribution in [-0.4, -0.2) is 44.1 Å². The van der Waals surface area contributed by atoms with Crippen molar-refractivity contribution in [3.8, 4) is 11.4 Å². The minimum Gasteiger partial charge on any atom is -0.495 e. The van der Waals surface area contributed by atoms with Crippen LogP contribution in [0.1, 0.15) is 20.8 Å². The van der Waals surface area contributed by atoms with Crippen molar-refractivity contribution >= 4 is 40.3 Å². The van der Waals surface area contributed by atoms with Gasteiger partial charge in [0.2, 0.25) is 5.91 Å². The predicted octanol–water partition coefficient (Wildman–Crippen LogP) is 2.78. The molecule has 0 saturated heterocycles. The number of halogens is 1. The Balaban J connectivity index is 2.04. The number of fused-ring (bicyclic) bond motifs is 1. The van der Waals surface area contributed by atoms with Gasteiger partial charge >= 0.3 is 0 Å². The van der Waals surface area contributed by atoms with Gasteiger partial charge in [-0.15, -0.1) is 0 Å². The molecule has 0 aliphatic heterocycles. The molecule has 3 aromatic rings. The summed E-state index contributed by atoms with van der Waals surface area (Å²) in [4.78, 5) is 29.7. The Morgan fingerprint density at radius 2 is 2.14 bits per heavy atom. The largest absolute Gasteiger partial charge is 0.495 e. The Morgan fingerprint density at radius 3 is 2.79 bits per heavy atom. The average Bonchev–Trinajstić information content (AvgIpc) is 3.07. The molecule has 0 saturated carbocycles. The lowest BCUT2D eigenvalue weighted by Gasteiger charge is -2.20. The molecule has 10 heteroatoms. The van der Waals surface area contributed by atoms with Crippen LogP contribution in [0.25, 0.3) is 16.7 Å². The molecule has 148 valence electrons. The first kappa shape index (κ1) is 20.2. The highest BCUT2D eigenvalue weighted by molar-refractivity contribution is 7.99. The molecule has 2 heterocycles. The average molecular weight is 422 g/mol. The van der Waals surface area contributed by atoms with E-state index in [1.807, 2.05) is 20.8 Å².